The highest BCUT2D eigenvalue weighted by molar-refractivity contribution is 9.08. The molecule has 0 saturated carbocycles. The lowest BCUT2D eigenvalue weighted by Crippen LogP contribution is -2.10. The van der Waals surface area contributed by atoms with Crippen molar-refractivity contribution in [2.24, 2.45) is 0 Å². The maximum Gasteiger partial charge on any atom is 0.342 e. The molecule has 0 aliphatic carbocycles. The number of aryl methyl sites for hydroxylation is 1. The lowest BCUT2D eigenvalue weighted by molar-refractivity contribution is 0.0522. The van der Waals surface area contributed by atoms with E-state index in [1.807, 2.05) is 19.1 Å². The Morgan fingerprint density at radius 3 is 2.62 bits per heavy atom. The number of rotatable bonds is 4. The molecule has 0 unspecified atom stereocenters. The summed E-state index contributed by atoms with van der Waals surface area (Å²) in [4.78, 5) is 11.8. The second-order valence-electron chi connectivity index (χ2n) is 3.36. The molecule has 1 rings (SSSR count). The van der Waals surface area contributed by atoms with Gasteiger partial charge in [-0.2, -0.15) is 0 Å². The molecule has 0 aliphatic rings. The molecule has 1 aromatic carbocycles. The van der Waals surface area contributed by atoms with Crippen molar-refractivity contribution in [3.05, 3.63) is 28.8 Å². The van der Waals surface area contributed by atoms with Gasteiger partial charge in [-0.25, -0.2) is 4.79 Å². The maximum atomic E-state index is 11.8. The first-order valence-electron chi connectivity index (χ1n) is 5.04. The predicted octanol–water partition coefficient (Wildman–Crippen LogP) is 3.08. The Morgan fingerprint density at radius 1 is 1.44 bits per heavy atom. The van der Waals surface area contributed by atoms with Crippen LogP contribution in [-0.4, -0.2) is 19.7 Å². The van der Waals surface area contributed by atoms with E-state index in [0.29, 0.717) is 23.2 Å². The molecule has 0 saturated heterocycles. The SMILES string of the molecule is CCOC(=O)c1c(CBr)cc(C)cc1OC. The quantitative estimate of drug-likeness (QED) is 0.630. The van der Waals surface area contributed by atoms with Gasteiger partial charge in [-0.05, 0) is 31.0 Å². The van der Waals surface area contributed by atoms with Gasteiger partial charge < -0.3 is 9.47 Å². The summed E-state index contributed by atoms with van der Waals surface area (Å²) in [6, 6.07) is 3.78. The molecule has 0 heterocycles. The van der Waals surface area contributed by atoms with Gasteiger partial charge >= 0.3 is 5.97 Å². The van der Waals surface area contributed by atoms with Crippen LogP contribution in [0.4, 0.5) is 0 Å². The van der Waals surface area contributed by atoms with E-state index in [9.17, 15) is 4.79 Å². The Morgan fingerprint density at radius 2 is 2.12 bits per heavy atom. The molecule has 88 valence electrons. The van der Waals surface area contributed by atoms with E-state index < -0.39 is 0 Å². The van der Waals surface area contributed by atoms with Gasteiger partial charge in [0.05, 0.1) is 13.7 Å². The van der Waals surface area contributed by atoms with E-state index in [4.69, 9.17) is 9.47 Å². The molecule has 0 amide bonds. The smallest absolute Gasteiger partial charge is 0.342 e. The summed E-state index contributed by atoms with van der Waals surface area (Å²) in [6.45, 7) is 4.10. The molecule has 0 bridgehead atoms. The van der Waals surface area contributed by atoms with Gasteiger partial charge in [0.1, 0.15) is 11.3 Å². The van der Waals surface area contributed by atoms with Crippen molar-refractivity contribution in [1.82, 2.24) is 0 Å². The van der Waals surface area contributed by atoms with E-state index >= 15 is 0 Å². The predicted molar refractivity (Wildman–Crippen MR) is 66.3 cm³/mol. The molecule has 0 aromatic heterocycles. The number of carbonyl (C=O) groups is 1. The van der Waals surface area contributed by atoms with Crippen molar-refractivity contribution in [3.8, 4) is 5.75 Å². The minimum absolute atomic E-state index is 0.339. The number of esters is 1. The third-order valence-corrected chi connectivity index (χ3v) is 2.78. The zero-order chi connectivity index (χ0) is 12.1. The Hall–Kier alpha value is -1.03. The Balaban J connectivity index is 3.27. The molecule has 0 fully saturated rings. The minimum Gasteiger partial charge on any atom is -0.496 e. The molecular formula is C12H15BrO3. The monoisotopic (exact) mass is 286 g/mol. The molecule has 4 heteroatoms. The molecule has 0 aliphatic heterocycles. The van der Waals surface area contributed by atoms with E-state index in [0.717, 1.165) is 11.1 Å². The van der Waals surface area contributed by atoms with Crippen LogP contribution in [0.2, 0.25) is 0 Å². The van der Waals surface area contributed by atoms with Gasteiger partial charge in [-0.1, -0.05) is 22.0 Å². The average molecular weight is 287 g/mol. The van der Waals surface area contributed by atoms with Crippen LogP contribution in [-0.2, 0) is 10.1 Å². The Kier molecular flexibility index (Phi) is 4.80. The van der Waals surface area contributed by atoms with Gasteiger partial charge in [0.15, 0.2) is 0 Å². The number of hydrogen-bond donors (Lipinski definition) is 0. The topological polar surface area (TPSA) is 35.5 Å². The number of halogens is 1. The number of ether oxygens (including phenoxy) is 2. The number of methoxy groups -OCH3 is 1. The number of hydrogen-bond acceptors (Lipinski definition) is 3. The van der Waals surface area contributed by atoms with Crippen LogP contribution in [0, 0.1) is 6.92 Å². The first-order chi connectivity index (χ1) is 7.63. The first-order valence-corrected chi connectivity index (χ1v) is 6.16. The number of carbonyl (C=O) groups excluding carboxylic acids is 1. The number of alkyl halides is 1. The summed E-state index contributed by atoms with van der Waals surface area (Å²) in [5.41, 5.74) is 2.45. The van der Waals surface area contributed by atoms with Crippen molar-refractivity contribution in [2.45, 2.75) is 19.2 Å². The van der Waals surface area contributed by atoms with Crippen LogP contribution in [0.5, 0.6) is 5.75 Å². The molecular weight excluding hydrogens is 272 g/mol. The fourth-order valence-corrected chi connectivity index (χ4v) is 1.97. The van der Waals surface area contributed by atoms with E-state index in [2.05, 4.69) is 15.9 Å². The Labute approximate surface area is 104 Å². The van der Waals surface area contributed by atoms with Crippen molar-refractivity contribution < 1.29 is 14.3 Å². The van der Waals surface area contributed by atoms with Crippen LogP contribution < -0.4 is 4.74 Å². The van der Waals surface area contributed by atoms with Gasteiger partial charge in [-0.3, -0.25) is 0 Å². The highest BCUT2D eigenvalue weighted by atomic mass is 79.9. The van der Waals surface area contributed by atoms with Gasteiger partial charge in [0.2, 0.25) is 0 Å². The van der Waals surface area contributed by atoms with Gasteiger partial charge in [0, 0.05) is 5.33 Å². The van der Waals surface area contributed by atoms with Crippen LogP contribution in [0.1, 0.15) is 28.4 Å². The summed E-state index contributed by atoms with van der Waals surface area (Å²) in [5, 5.41) is 0.596. The Bertz CT molecular complexity index is 363. The van der Waals surface area contributed by atoms with E-state index in [-0.39, 0.29) is 5.97 Å². The van der Waals surface area contributed by atoms with Crippen molar-refractivity contribution in [1.29, 1.82) is 0 Å². The summed E-state index contributed by atoms with van der Waals surface area (Å²) < 4.78 is 10.2. The maximum absolute atomic E-state index is 11.8. The second-order valence-corrected chi connectivity index (χ2v) is 3.92. The standard InChI is InChI=1S/C12H15BrO3/c1-4-16-12(14)11-9(7-13)5-8(2)6-10(11)15-3/h5-6H,4,7H2,1-3H3. The van der Waals surface area contributed by atoms with Crippen LogP contribution in [0.15, 0.2) is 12.1 Å². The van der Waals surface area contributed by atoms with Crippen LogP contribution >= 0.6 is 15.9 Å². The lowest BCUT2D eigenvalue weighted by Gasteiger charge is -2.12. The summed E-state index contributed by atoms with van der Waals surface area (Å²) >= 11 is 3.36. The van der Waals surface area contributed by atoms with Gasteiger partial charge in [-0.15, -0.1) is 0 Å². The third kappa shape index (κ3) is 2.76. The average Bonchev–Trinajstić information content (AvgIpc) is 2.27. The molecule has 0 radical (unpaired) electrons. The highest BCUT2D eigenvalue weighted by Crippen LogP contribution is 2.27. The zero-order valence-electron chi connectivity index (χ0n) is 9.67. The lowest BCUT2D eigenvalue weighted by atomic mass is 10.0. The second kappa shape index (κ2) is 5.89. The molecule has 1 aromatic rings. The fraction of sp³-hybridized carbons (Fsp3) is 0.417. The molecule has 16 heavy (non-hydrogen) atoms. The fourth-order valence-electron chi connectivity index (χ4n) is 1.53. The highest BCUT2D eigenvalue weighted by Gasteiger charge is 2.18. The zero-order valence-corrected chi connectivity index (χ0v) is 11.3. The number of benzene rings is 1. The summed E-state index contributed by atoms with van der Waals surface area (Å²) in [7, 11) is 1.55. The minimum atomic E-state index is -0.339. The van der Waals surface area contributed by atoms with Crippen LogP contribution in [0.25, 0.3) is 0 Å². The first kappa shape index (κ1) is 13.0. The van der Waals surface area contributed by atoms with E-state index in [1.165, 1.54) is 0 Å². The van der Waals surface area contributed by atoms with E-state index in [1.54, 1.807) is 14.0 Å². The van der Waals surface area contributed by atoms with Crippen molar-refractivity contribution in [2.75, 3.05) is 13.7 Å². The molecule has 0 N–H and O–H groups in total. The largest absolute Gasteiger partial charge is 0.496 e. The summed E-state index contributed by atoms with van der Waals surface area (Å²) in [5.74, 6) is 0.224. The third-order valence-electron chi connectivity index (χ3n) is 2.17. The van der Waals surface area contributed by atoms with Crippen LogP contribution in [0.3, 0.4) is 0 Å². The van der Waals surface area contributed by atoms with Gasteiger partial charge in [0.25, 0.3) is 0 Å². The molecule has 3 nitrogen and oxygen atoms in total. The normalized spacial score (nSPS) is 10.0. The molecule has 0 spiro atoms. The van der Waals surface area contributed by atoms with Crippen molar-refractivity contribution >= 4 is 21.9 Å². The van der Waals surface area contributed by atoms with Crippen molar-refractivity contribution in [3.63, 3.8) is 0 Å². The summed E-state index contributed by atoms with van der Waals surface area (Å²) in [6.07, 6.45) is 0. The molecule has 0 atom stereocenters.